The Balaban J connectivity index is 1.66. The van der Waals surface area contributed by atoms with Crippen LogP contribution >= 0.6 is 0 Å². The lowest BCUT2D eigenvalue weighted by Crippen LogP contribution is -2.49. The monoisotopic (exact) mass is 438 g/mol. The summed E-state index contributed by atoms with van der Waals surface area (Å²) < 4.78 is 5.31. The zero-order valence-corrected chi connectivity index (χ0v) is 18.5. The zero-order chi connectivity index (χ0) is 22.9. The largest absolute Gasteiger partial charge is 0.495 e. The minimum Gasteiger partial charge on any atom is -0.495 e. The molecule has 2 aromatic rings. The standard InChI is InChI=1S/C24H30N4O4/c1-3-25-24(31)27-23(30)21(17-9-5-4-6-10-17)28-15-13-18(14-16-28)22(29)26-19-11-7-8-12-20(19)32-2/h4-12,18,21H,3,13-16H2,1-2H3,(H,26,29)(H2,25,27,30,31). The van der Waals surface area contributed by atoms with Crippen molar-refractivity contribution in [2.24, 2.45) is 5.92 Å². The van der Waals surface area contributed by atoms with E-state index in [4.69, 9.17) is 4.74 Å². The Morgan fingerprint density at radius 3 is 2.34 bits per heavy atom. The molecule has 1 fully saturated rings. The lowest BCUT2D eigenvalue weighted by molar-refractivity contribution is -0.127. The van der Waals surface area contributed by atoms with Gasteiger partial charge >= 0.3 is 6.03 Å². The number of methoxy groups -OCH3 is 1. The molecule has 1 aliphatic heterocycles. The summed E-state index contributed by atoms with van der Waals surface area (Å²) >= 11 is 0. The number of urea groups is 1. The van der Waals surface area contributed by atoms with Crippen LogP contribution in [0, 0.1) is 5.92 Å². The van der Waals surface area contributed by atoms with Gasteiger partial charge in [0.2, 0.25) is 11.8 Å². The van der Waals surface area contributed by atoms with Crippen molar-refractivity contribution in [3.8, 4) is 5.75 Å². The molecule has 0 aromatic heterocycles. The molecule has 0 radical (unpaired) electrons. The van der Waals surface area contributed by atoms with Crippen molar-refractivity contribution >= 4 is 23.5 Å². The van der Waals surface area contributed by atoms with Crippen molar-refractivity contribution in [2.75, 3.05) is 32.1 Å². The van der Waals surface area contributed by atoms with E-state index in [0.29, 0.717) is 43.9 Å². The number of nitrogens with zero attached hydrogens (tertiary/aromatic N) is 1. The normalized spacial score (nSPS) is 15.4. The number of imide groups is 1. The number of hydrogen-bond acceptors (Lipinski definition) is 5. The second-order valence-corrected chi connectivity index (χ2v) is 7.66. The molecule has 1 atom stereocenters. The fourth-order valence-corrected chi connectivity index (χ4v) is 3.95. The average Bonchev–Trinajstić information content (AvgIpc) is 2.81. The number of likely N-dealkylation sites (tertiary alicyclic amines) is 1. The third-order valence-corrected chi connectivity index (χ3v) is 5.57. The molecule has 0 saturated carbocycles. The molecule has 170 valence electrons. The van der Waals surface area contributed by atoms with Crippen molar-refractivity contribution in [3.63, 3.8) is 0 Å². The molecule has 8 nitrogen and oxygen atoms in total. The molecule has 8 heteroatoms. The van der Waals surface area contributed by atoms with Gasteiger partial charge in [0.05, 0.1) is 12.8 Å². The van der Waals surface area contributed by atoms with Crippen LogP contribution in [-0.2, 0) is 9.59 Å². The first-order valence-electron chi connectivity index (χ1n) is 10.8. The van der Waals surface area contributed by atoms with Gasteiger partial charge in [-0.3, -0.25) is 19.8 Å². The summed E-state index contributed by atoms with van der Waals surface area (Å²) in [6.45, 7) is 3.35. The maximum absolute atomic E-state index is 12.9. The second-order valence-electron chi connectivity index (χ2n) is 7.66. The van der Waals surface area contributed by atoms with Crippen LogP contribution in [0.3, 0.4) is 0 Å². The van der Waals surface area contributed by atoms with Gasteiger partial charge in [0.15, 0.2) is 0 Å². The summed E-state index contributed by atoms with van der Waals surface area (Å²) in [5.74, 6) is 0.0137. The van der Waals surface area contributed by atoms with Crippen molar-refractivity contribution in [3.05, 3.63) is 60.2 Å². The van der Waals surface area contributed by atoms with Crippen LogP contribution in [0.1, 0.15) is 31.4 Å². The smallest absolute Gasteiger partial charge is 0.321 e. The van der Waals surface area contributed by atoms with Gasteiger partial charge in [-0.1, -0.05) is 42.5 Å². The number of carbonyl (C=O) groups excluding carboxylic acids is 3. The van der Waals surface area contributed by atoms with Crippen LogP contribution in [0.5, 0.6) is 5.75 Å². The van der Waals surface area contributed by atoms with Crippen LogP contribution in [-0.4, -0.2) is 49.5 Å². The summed E-state index contributed by atoms with van der Waals surface area (Å²) in [4.78, 5) is 39.7. The topological polar surface area (TPSA) is 99.8 Å². The summed E-state index contributed by atoms with van der Waals surface area (Å²) in [6, 6.07) is 15.6. The number of amides is 4. The Morgan fingerprint density at radius 2 is 1.69 bits per heavy atom. The third-order valence-electron chi connectivity index (χ3n) is 5.57. The quantitative estimate of drug-likeness (QED) is 0.617. The third kappa shape index (κ3) is 5.85. The summed E-state index contributed by atoms with van der Waals surface area (Å²) in [7, 11) is 1.57. The van der Waals surface area contributed by atoms with E-state index in [0.717, 1.165) is 5.56 Å². The highest BCUT2D eigenvalue weighted by Crippen LogP contribution is 2.29. The molecule has 1 aliphatic rings. The summed E-state index contributed by atoms with van der Waals surface area (Å²) in [6.07, 6.45) is 1.22. The van der Waals surface area contributed by atoms with Gasteiger partial charge in [-0.05, 0) is 50.6 Å². The van der Waals surface area contributed by atoms with Crippen molar-refractivity contribution in [1.29, 1.82) is 0 Å². The predicted octanol–water partition coefficient (Wildman–Crippen LogP) is 2.93. The number of benzene rings is 2. The fourth-order valence-electron chi connectivity index (χ4n) is 3.95. The van der Waals surface area contributed by atoms with Gasteiger partial charge in [0.25, 0.3) is 0 Å². The maximum atomic E-state index is 12.9. The van der Waals surface area contributed by atoms with Crippen molar-refractivity contribution in [1.82, 2.24) is 15.5 Å². The molecule has 4 amide bonds. The van der Waals surface area contributed by atoms with E-state index in [-0.39, 0.29) is 17.7 Å². The molecule has 1 unspecified atom stereocenters. The lowest BCUT2D eigenvalue weighted by atomic mass is 9.93. The summed E-state index contributed by atoms with van der Waals surface area (Å²) in [5.41, 5.74) is 1.46. The zero-order valence-electron chi connectivity index (χ0n) is 18.5. The van der Waals surface area contributed by atoms with Gasteiger partial charge in [-0.15, -0.1) is 0 Å². The summed E-state index contributed by atoms with van der Waals surface area (Å²) in [5, 5.41) is 7.97. The first-order valence-corrected chi connectivity index (χ1v) is 10.8. The van der Waals surface area contributed by atoms with Gasteiger partial charge in [0.1, 0.15) is 11.8 Å². The van der Waals surface area contributed by atoms with E-state index in [2.05, 4.69) is 16.0 Å². The fraction of sp³-hybridized carbons (Fsp3) is 0.375. The maximum Gasteiger partial charge on any atom is 0.321 e. The van der Waals surface area contributed by atoms with Crippen LogP contribution in [0.2, 0.25) is 0 Å². The Kier molecular flexibility index (Phi) is 8.21. The molecule has 0 bridgehead atoms. The second kappa shape index (κ2) is 11.3. The number of piperidine rings is 1. The minimum absolute atomic E-state index is 0.0582. The van der Waals surface area contributed by atoms with Gasteiger partial charge in [0, 0.05) is 12.5 Å². The molecule has 1 saturated heterocycles. The first-order chi connectivity index (χ1) is 15.5. The van der Waals surface area contributed by atoms with E-state index in [9.17, 15) is 14.4 Å². The van der Waals surface area contributed by atoms with Crippen molar-refractivity contribution in [2.45, 2.75) is 25.8 Å². The molecule has 0 spiro atoms. The minimum atomic E-state index is -0.600. The molecular weight excluding hydrogens is 408 g/mol. The first kappa shape index (κ1) is 23.3. The van der Waals surface area contributed by atoms with Gasteiger partial charge < -0.3 is 15.4 Å². The van der Waals surface area contributed by atoms with Gasteiger partial charge in [-0.25, -0.2) is 4.79 Å². The molecule has 3 rings (SSSR count). The van der Waals surface area contributed by atoms with Crippen molar-refractivity contribution < 1.29 is 19.1 Å². The van der Waals surface area contributed by atoms with Gasteiger partial charge in [-0.2, -0.15) is 0 Å². The van der Waals surface area contributed by atoms with Crippen LogP contribution in [0.4, 0.5) is 10.5 Å². The number of ether oxygens (including phenoxy) is 1. The van der Waals surface area contributed by atoms with E-state index < -0.39 is 12.1 Å². The Hall–Kier alpha value is -3.39. The Bertz CT molecular complexity index is 927. The number of anilines is 1. The predicted molar refractivity (Wildman–Crippen MR) is 122 cm³/mol. The highest BCUT2D eigenvalue weighted by atomic mass is 16.5. The molecule has 1 heterocycles. The van der Waals surface area contributed by atoms with E-state index in [1.54, 1.807) is 20.1 Å². The molecule has 0 aliphatic carbocycles. The highest BCUT2D eigenvalue weighted by molar-refractivity contribution is 5.97. The molecule has 2 aromatic carbocycles. The van der Waals surface area contributed by atoms with Crippen LogP contribution in [0.15, 0.2) is 54.6 Å². The Labute approximate surface area is 188 Å². The number of para-hydroxylation sites is 2. The van der Waals surface area contributed by atoms with E-state index in [1.165, 1.54) is 0 Å². The molecule has 32 heavy (non-hydrogen) atoms. The van der Waals surface area contributed by atoms with Crippen LogP contribution < -0.4 is 20.7 Å². The lowest BCUT2D eigenvalue weighted by Gasteiger charge is -2.36. The van der Waals surface area contributed by atoms with E-state index >= 15 is 0 Å². The number of nitrogens with one attached hydrogen (secondary N) is 3. The van der Waals surface area contributed by atoms with Crippen LogP contribution in [0.25, 0.3) is 0 Å². The van der Waals surface area contributed by atoms with E-state index in [1.807, 2.05) is 53.4 Å². The molecule has 3 N–H and O–H groups in total. The number of carbonyl (C=O) groups is 3. The number of hydrogen-bond donors (Lipinski definition) is 3. The molecular formula is C24H30N4O4. The number of rotatable bonds is 7. The Morgan fingerprint density at radius 1 is 1.03 bits per heavy atom. The SMILES string of the molecule is CCNC(=O)NC(=O)C(c1ccccc1)N1CCC(C(=O)Nc2ccccc2OC)CC1. The average molecular weight is 439 g/mol. The highest BCUT2D eigenvalue weighted by Gasteiger charge is 2.34.